The summed E-state index contributed by atoms with van der Waals surface area (Å²) in [5.74, 6) is 0.234. The zero-order valence-corrected chi connectivity index (χ0v) is 22.5. The molecule has 0 bridgehead atoms. The Kier molecular flexibility index (Phi) is 7.40. The van der Waals surface area contributed by atoms with Crippen molar-refractivity contribution in [3.63, 3.8) is 0 Å². The van der Waals surface area contributed by atoms with Crippen LogP contribution in [-0.2, 0) is 16.2 Å². The normalized spacial score (nSPS) is 18.3. The van der Waals surface area contributed by atoms with Crippen LogP contribution in [0.2, 0.25) is 15.1 Å². The first-order valence-corrected chi connectivity index (χ1v) is 13.6. The molecule has 1 fully saturated rings. The molecule has 2 aliphatic heterocycles. The maximum absolute atomic E-state index is 12.8. The van der Waals surface area contributed by atoms with E-state index in [9.17, 15) is 9.59 Å². The van der Waals surface area contributed by atoms with E-state index in [0.29, 0.717) is 45.7 Å². The van der Waals surface area contributed by atoms with Gasteiger partial charge in [0, 0.05) is 53.2 Å². The Labute approximate surface area is 227 Å². The third-order valence-electron chi connectivity index (χ3n) is 6.57. The van der Waals surface area contributed by atoms with E-state index in [0.717, 1.165) is 29.3 Å². The van der Waals surface area contributed by atoms with Crippen LogP contribution in [0.4, 0.5) is 0 Å². The van der Waals surface area contributed by atoms with Gasteiger partial charge in [0.1, 0.15) is 12.3 Å². The minimum absolute atomic E-state index is 0.0380. The van der Waals surface area contributed by atoms with Crippen LogP contribution in [0, 0.1) is 6.92 Å². The van der Waals surface area contributed by atoms with Crippen LogP contribution in [0.1, 0.15) is 53.1 Å². The molecule has 3 aromatic rings. The summed E-state index contributed by atoms with van der Waals surface area (Å²) in [5.41, 5.74) is 2.71. The number of aromatic nitrogens is 2. The smallest absolute Gasteiger partial charge is 0.253 e. The molecule has 2 aliphatic rings. The summed E-state index contributed by atoms with van der Waals surface area (Å²) < 4.78 is 1.47. The van der Waals surface area contributed by atoms with Crippen molar-refractivity contribution < 1.29 is 9.63 Å². The molecule has 0 saturated carbocycles. The zero-order chi connectivity index (χ0) is 25.4. The first-order chi connectivity index (χ1) is 17.3. The highest BCUT2D eigenvalue weighted by Crippen LogP contribution is 2.40. The van der Waals surface area contributed by atoms with Crippen molar-refractivity contribution in [3.05, 3.63) is 83.1 Å². The first-order valence-electron chi connectivity index (χ1n) is 11.6. The number of benzene rings is 1. The van der Waals surface area contributed by atoms with Gasteiger partial charge < -0.3 is 14.3 Å². The van der Waals surface area contributed by atoms with Crippen LogP contribution in [0.5, 0.6) is 0 Å². The number of hydrogen-bond donors (Lipinski definition) is 0. The monoisotopic (exact) mass is 564 g/mol. The second-order valence-electron chi connectivity index (χ2n) is 8.97. The summed E-state index contributed by atoms with van der Waals surface area (Å²) in [7, 11) is 0. The fourth-order valence-electron chi connectivity index (χ4n) is 4.55. The molecule has 1 amide bonds. The Morgan fingerprint density at radius 3 is 2.64 bits per heavy atom. The van der Waals surface area contributed by atoms with Crippen LogP contribution in [-0.4, -0.2) is 39.2 Å². The van der Waals surface area contributed by atoms with Crippen LogP contribution in [0.25, 0.3) is 0 Å². The molecule has 188 valence electrons. The number of hydrogen-bond acceptors (Lipinski definition) is 6. The van der Waals surface area contributed by atoms with E-state index in [1.165, 1.54) is 4.57 Å². The molecule has 7 nitrogen and oxygen atoms in total. The summed E-state index contributed by atoms with van der Waals surface area (Å²) in [6.45, 7) is 3.09. The SMILES string of the molecule is Cc1cccn(CC(=O)N2CCC(c3nc(C4=NOC(c5c(Cl)cc(Cl)cc5Cl)C4)cs3)CC2)c1=O. The van der Waals surface area contributed by atoms with E-state index in [4.69, 9.17) is 44.6 Å². The number of carbonyl (C=O) groups is 1. The largest absolute Gasteiger partial charge is 0.387 e. The average Bonchev–Trinajstić information content (AvgIpc) is 3.52. The Morgan fingerprint density at radius 2 is 1.92 bits per heavy atom. The van der Waals surface area contributed by atoms with Crippen molar-refractivity contribution in [2.45, 2.75) is 44.8 Å². The van der Waals surface area contributed by atoms with Crippen molar-refractivity contribution in [1.82, 2.24) is 14.5 Å². The van der Waals surface area contributed by atoms with Gasteiger partial charge in [0.25, 0.3) is 5.56 Å². The van der Waals surface area contributed by atoms with E-state index < -0.39 is 6.10 Å². The summed E-state index contributed by atoms with van der Waals surface area (Å²) >= 11 is 20.3. The second-order valence-corrected chi connectivity index (χ2v) is 11.1. The van der Waals surface area contributed by atoms with Crippen molar-refractivity contribution in [2.24, 2.45) is 5.16 Å². The Morgan fingerprint density at radius 1 is 1.19 bits per heavy atom. The molecule has 1 aromatic carbocycles. The standard InChI is InChI=1S/C25H23Cl3N4O3S/c1-14-3-2-6-32(25(14)34)12-22(33)31-7-4-15(5-8-31)24-29-20(13-36-24)19-11-21(35-30-19)23-17(27)9-16(26)10-18(23)28/h2-3,6,9-10,13,15,21H,4-5,7-8,11-12H2,1H3. The summed E-state index contributed by atoms with van der Waals surface area (Å²) in [6.07, 6.45) is 3.42. The van der Waals surface area contributed by atoms with Crippen molar-refractivity contribution in [3.8, 4) is 0 Å². The van der Waals surface area contributed by atoms with Crippen LogP contribution in [0.3, 0.4) is 0 Å². The molecule has 5 rings (SSSR count). The molecule has 1 atom stereocenters. The number of amides is 1. The van der Waals surface area contributed by atoms with Gasteiger partial charge in [0.2, 0.25) is 5.91 Å². The van der Waals surface area contributed by atoms with Crippen molar-refractivity contribution >= 4 is 57.8 Å². The highest BCUT2D eigenvalue weighted by Gasteiger charge is 2.31. The molecule has 11 heteroatoms. The number of nitrogens with zero attached hydrogens (tertiary/aromatic N) is 4. The lowest BCUT2D eigenvalue weighted by atomic mass is 9.97. The highest BCUT2D eigenvalue weighted by molar-refractivity contribution is 7.10. The van der Waals surface area contributed by atoms with Gasteiger partial charge in [-0.3, -0.25) is 9.59 Å². The summed E-state index contributed by atoms with van der Waals surface area (Å²) in [5, 5.41) is 8.62. The zero-order valence-electron chi connectivity index (χ0n) is 19.4. The van der Waals surface area contributed by atoms with Crippen LogP contribution in [0.15, 0.2) is 45.8 Å². The lowest BCUT2D eigenvalue weighted by Crippen LogP contribution is -2.41. The number of likely N-dealkylation sites (tertiary alicyclic amines) is 1. The van der Waals surface area contributed by atoms with E-state index in [2.05, 4.69) is 5.16 Å². The number of aryl methyl sites for hydroxylation is 1. The van der Waals surface area contributed by atoms with Crippen LogP contribution >= 0.6 is 46.1 Å². The number of halogens is 3. The Hall–Kier alpha value is -2.39. The fourth-order valence-corrected chi connectivity index (χ4v) is 6.62. The number of rotatable bonds is 5. The molecule has 1 saturated heterocycles. The molecule has 0 aliphatic carbocycles. The Bertz CT molecular complexity index is 1370. The van der Waals surface area contributed by atoms with Gasteiger partial charge in [-0.15, -0.1) is 11.3 Å². The maximum Gasteiger partial charge on any atom is 0.253 e. The molecule has 4 heterocycles. The lowest BCUT2D eigenvalue weighted by Gasteiger charge is -2.31. The van der Waals surface area contributed by atoms with E-state index in [1.807, 2.05) is 10.3 Å². The minimum Gasteiger partial charge on any atom is -0.387 e. The van der Waals surface area contributed by atoms with Crippen molar-refractivity contribution in [2.75, 3.05) is 13.1 Å². The van der Waals surface area contributed by atoms with E-state index in [1.54, 1.807) is 48.7 Å². The highest BCUT2D eigenvalue weighted by atomic mass is 35.5. The third kappa shape index (κ3) is 5.18. The van der Waals surface area contributed by atoms with E-state index >= 15 is 0 Å². The predicted molar refractivity (Wildman–Crippen MR) is 143 cm³/mol. The molecule has 1 unspecified atom stereocenters. The lowest BCUT2D eigenvalue weighted by molar-refractivity contribution is -0.132. The number of piperidine rings is 1. The summed E-state index contributed by atoms with van der Waals surface area (Å²) in [6, 6.07) is 6.82. The minimum atomic E-state index is -0.391. The van der Waals surface area contributed by atoms with Gasteiger partial charge >= 0.3 is 0 Å². The third-order valence-corrected chi connectivity index (χ3v) is 8.42. The number of carbonyl (C=O) groups excluding carboxylic acids is 1. The van der Waals surface area contributed by atoms with Gasteiger partial charge in [-0.1, -0.05) is 46.0 Å². The second kappa shape index (κ2) is 10.5. The maximum atomic E-state index is 12.8. The molecule has 2 aromatic heterocycles. The van der Waals surface area contributed by atoms with Crippen molar-refractivity contribution in [1.29, 1.82) is 0 Å². The Balaban J connectivity index is 1.18. The fraction of sp³-hybridized carbons (Fsp3) is 0.360. The van der Waals surface area contributed by atoms with Crippen LogP contribution < -0.4 is 5.56 Å². The van der Waals surface area contributed by atoms with Gasteiger partial charge in [0.05, 0.1) is 20.7 Å². The summed E-state index contributed by atoms with van der Waals surface area (Å²) in [4.78, 5) is 37.3. The molecule has 0 spiro atoms. The molecule has 0 N–H and O–H groups in total. The number of pyridine rings is 1. The molecule has 0 radical (unpaired) electrons. The number of oxime groups is 1. The van der Waals surface area contributed by atoms with Gasteiger partial charge in [-0.2, -0.15) is 0 Å². The topological polar surface area (TPSA) is 76.8 Å². The predicted octanol–water partition coefficient (Wildman–Crippen LogP) is 5.85. The molecule has 36 heavy (non-hydrogen) atoms. The number of thiazole rings is 1. The van der Waals surface area contributed by atoms with E-state index in [-0.39, 0.29) is 23.9 Å². The quantitative estimate of drug-likeness (QED) is 0.389. The van der Waals surface area contributed by atoms with Gasteiger partial charge in [-0.25, -0.2) is 4.98 Å². The molecular formula is C25H23Cl3N4O3S. The average molecular weight is 566 g/mol. The van der Waals surface area contributed by atoms with Gasteiger partial charge in [-0.05, 0) is 38.0 Å². The van der Waals surface area contributed by atoms with Gasteiger partial charge in [0.15, 0.2) is 6.10 Å². The first kappa shape index (κ1) is 25.3. The molecular weight excluding hydrogens is 543 g/mol.